The summed E-state index contributed by atoms with van der Waals surface area (Å²) in [6.07, 6.45) is 1.32. The van der Waals surface area contributed by atoms with E-state index >= 15 is 0 Å². The van der Waals surface area contributed by atoms with Gasteiger partial charge in [0.15, 0.2) is 0 Å². The van der Waals surface area contributed by atoms with E-state index in [0.29, 0.717) is 18.5 Å². The second kappa shape index (κ2) is 6.70. The predicted molar refractivity (Wildman–Crippen MR) is 92.7 cm³/mol. The van der Waals surface area contributed by atoms with E-state index in [-0.39, 0.29) is 17.9 Å². The van der Waals surface area contributed by atoms with E-state index < -0.39 is 9.75 Å². The SMILES string of the molecule is CCC(C)NC(=O)c1cccc(CNC(=O)C2(C)CC2(Cl)Cl)c1. The summed E-state index contributed by atoms with van der Waals surface area (Å²) in [5.41, 5.74) is 0.703. The third-order valence-electron chi connectivity index (χ3n) is 4.39. The van der Waals surface area contributed by atoms with Crippen molar-refractivity contribution < 1.29 is 9.59 Å². The molecule has 0 saturated heterocycles. The van der Waals surface area contributed by atoms with Crippen LogP contribution >= 0.6 is 23.2 Å². The Bertz CT molecular complexity index is 618. The maximum atomic E-state index is 12.2. The fraction of sp³-hybridized carbons (Fsp3) is 0.529. The third kappa shape index (κ3) is 3.99. The van der Waals surface area contributed by atoms with E-state index in [0.717, 1.165) is 12.0 Å². The number of halogens is 2. The standard InChI is InChI=1S/C17H22Cl2N2O2/c1-4-11(2)21-14(22)13-7-5-6-12(8-13)9-20-15(23)16(3)10-17(16,18)19/h5-8,11H,4,9-10H2,1-3H3,(H,20,23)(H,21,22). The maximum absolute atomic E-state index is 12.2. The molecule has 2 unspecified atom stereocenters. The summed E-state index contributed by atoms with van der Waals surface area (Å²) in [6, 6.07) is 7.33. The van der Waals surface area contributed by atoms with Gasteiger partial charge < -0.3 is 10.6 Å². The first-order valence-corrected chi connectivity index (χ1v) is 8.51. The zero-order chi connectivity index (χ0) is 17.3. The van der Waals surface area contributed by atoms with Crippen LogP contribution in [0.2, 0.25) is 0 Å². The largest absolute Gasteiger partial charge is 0.351 e. The van der Waals surface area contributed by atoms with Gasteiger partial charge in [-0.2, -0.15) is 0 Å². The van der Waals surface area contributed by atoms with E-state index in [1.807, 2.05) is 19.9 Å². The van der Waals surface area contributed by atoms with Gasteiger partial charge in [0.2, 0.25) is 5.91 Å². The van der Waals surface area contributed by atoms with Crippen LogP contribution in [0.1, 0.15) is 49.5 Å². The Morgan fingerprint density at radius 3 is 2.57 bits per heavy atom. The van der Waals surface area contributed by atoms with E-state index in [4.69, 9.17) is 23.2 Å². The van der Waals surface area contributed by atoms with E-state index in [2.05, 4.69) is 10.6 Å². The van der Waals surface area contributed by atoms with Crippen molar-refractivity contribution in [2.75, 3.05) is 0 Å². The summed E-state index contributed by atoms with van der Waals surface area (Å²) in [5, 5.41) is 5.76. The quantitative estimate of drug-likeness (QED) is 0.767. The second-order valence-electron chi connectivity index (χ2n) is 6.38. The van der Waals surface area contributed by atoms with Crippen molar-refractivity contribution >= 4 is 35.0 Å². The first-order valence-electron chi connectivity index (χ1n) is 7.75. The molecule has 1 saturated carbocycles. The number of carbonyl (C=O) groups is 2. The molecule has 0 spiro atoms. The van der Waals surface area contributed by atoms with E-state index in [1.165, 1.54) is 0 Å². The smallest absolute Gasteiger partial charge is 0.251 e. The highest BCUT2D eigenvalue weighted by Crippen LogP contribution is 2.63. The van der Waals surface area contributed by atoms with Gasteiger partial charge in [-0.1, -0.05) is 19.1 Å². The molecule has 0 heterocycles. The molecule has 0 aromatic heterocycles. The summed E-state index contributed by atoms with van der Waals surface area (Å²) in [5.74, 6) is -0.279. The van der Waals surface area contributed by atoms with Crippen molar-refractivity contribution in [1.29, 1.82) is 0 Å². The minimum atomic E-state index is -0.977. The van der Waals surface area contributed by atoms with Crippen molar-refractivity contribution in [1.82, 2.24) is 10.6 Å². The predicted octanol–water partition coefficient (Wildman–Crippen LogP) is 3.42. The van der Waals surface area contributed by atoms with Crippen LogP contribution in [-0.4, -0.2) is 22.2 Å². The summed E-state index contributed by atoms with van der Waals surface area (Å²) < 4.78 is -0.977. The Kier molecular flexibility index (Phi) is 5.27. The number of hydrogen-bond donors (Lipinski definition) is 2. The number of hydrogen-bond acceptors (Lipinski definition) is 2. The van der Waals surface area contributed by atoms with Crippen molar-refractivity contribution in [2.45, 2.75) is 50.5 Å². The average molecular weight is 357 g/mol. The molecule has 1 aliphatic carbocycles. The van der Waals surface area contributed by atoms with Gasteiger partial charge in [-0.3, -0.25) is 9.59 Å². The molecule has 2 rings (SSSR count). The fourth-order valence-electron chi connectivity index (χ4n) is 2.26. The van der Waals surface area contributed by atoms with Crippen molar-refractivity contribution in [3.8, 4) is 0 Å². The number of nitrogens with one attached hydrogen (secondary N) is 2. The van der Waals surface area contributed by atoms with Crippen LogP contribution in [0, 0.1) is 5.41 Å². The zero-order valence-corrected chi connectivity index (χ0v) is 15.1. The minimum Gasteiger partial charge on any atom is -0.351 e. The molecule has 2 amide bonds. The Morgan fingerprint density at radius 2 is 2.00 bits per heavy atom. The Labute approximate surface area is 146 Å². The lowest BCUT2D eigenvalue weighted by Crippen LogP contribution is -2.33. The summed E-state index contributed by atoms with van der Waals surface area (Å²) in [6.45, 7) is 6.06. The maximum Gasteiger partial charge on any atom is 0.251 e. The molecule has 1 aromatic carbocycles. The molecule has 0 bridgehead atoms. The van der Waals surface area contributed by atoms with Gasteiger partial charge in [-0.25, -0.2) is 0 Å². The second-order valence-corrected chi connectivity index (χ2v) is 7.86. The van der Waals surface area contributed by atoms with Gasteiger partial charge in [-0.05, 0) is 44.4 Å². The van der Waals surface area contributed by atoms with Gasteiger partial charge in [0, 0.05) is 18.2 Å². The summed E-state index contributed by atoms with van der Waals surface area (Å²) >= 11 is 12.0. The normalized spacial score (nSPS) is 23.0. The van der Waals surface area contributed by atoms with Crippen LogP contribution in [0.4, 0.5) is 0 Å². The Balaban J connectivity index is 1.96. The van der Waals surface area contributed by atoms with Gasteiger partial charge in [-0.15, -0.1) is 23.2 Å². The van der Waals surface area contributed by atoms with Gasteiger partial charge >= 0.3 is 0 Å². The topological polar surface area (TPSA) is 58.2 Å². The Morgan fingerprint density at radius 1 is 1.35 bits per heavy atom. The van der Waals surface area contributed by atoms with Crippen molar-refractivity contribution in [3.05, 3.63) is 35.4 Å². The molecule has 126 valence electrons. The number of benzene rings is 1. The van der Waals surface area contributed by atoms with Crippen molar-refractivity contribution in [2.24, 2.45) is 5.41 Å². The summed E-state index contributed by atoms with van der Waals surface area (Å²) in [7, 11) is 0. The van der Waals surface area contributed by atoms with Crippen LogP contribution in [0.25, 0.3) is 0 Å². The molecule has 2 N–H and O–H groups in total. The number of amides is 2. The lowest BCUT2D eigenvalue weighted by atomic mass is 10.1. The highest BCUT2D eigenvalue weighted by atomic mass is 35.5. The molecule has 1 aliphatic rings. The van der Waals surface area contributed by atoms with E-state index in [1.54, 1.807) is 25.1 Å². The van der Waals surface area contributed by atoms with E-state index in [9.17, 15) is 9.59 Å². The van der Waals surface area contributed by atoms with Crippen LogP contribution in [-0.2, 0) is 11.3 Å². The number of alkyl halides is 2. The van der Waals surface area contributed by atoms with Crippen LogP contribution in [0.15, 0.2) is 24.3 Å². The molecule has 1 aromatic rings. The monoisotopic (exact) mass is 356 g/mol. The van der Waals surface area contributed by atoms with Crippen LogP contribution in [0.5, 0.6) is 0 Å². The molecule has 0 aliphatic heterocycles. The molecular formula is C17H22Cl2N2O2. The fourth-order valence-corrected chi connectivity index (χ4v) is 2.96. The number of rotatable bonds is 6. The average Bonchev–Trinajstić information content (AvgIpc) is 3.04. The van der Waals surface area contributed by atoms with Gasteiger partial charge in [0.1, 0.15) is 4.33 Å². The van der Waals surface area contributed by atoms with Gasteiger partial charge in [0.05, 0.1) is 5.41 Å². The first-order chi connectivity index (χ1) is 10.7. The highest BCUT2D eigenvalue weighted by molar-refractivity contribution is 6.53. The molecular weight excluding hydrogens is 335 g/mol. The zero-order valence-electron chi connectivity index (χ0n) is 13.6. The lowest BCUT2D eigenvalue weighted by Gasteiger charge is -2.14. The minimum absolute atomic E-state index is 0.109. The summed E-state index contributed by atoms with van der Waals surface area (Å²) in [4.78, 5) is 24.3. The molecule has 2 atom stereocenters. The highest BCUT2D eigenvalue weighted by Gasteiger charge is 2.67. The lowest BCUT2D eigenvalue weighted by molar-refractivity contribution is -0.125. The third-order valence-corrected chi connectivity index (χ3v) is 5.49. The Hall–Kier alpha value is -1.26. The van der Waals surface area contributed by atoms with Crippen molar-refractivity contribution in [3.63, 3.8) is 0 Å². The molecule has 6 heteroatoms. The van der Waals surface area contributed by atoms with Gasteiger partial charge in [0.25, 0.3) is 5.91 Å². The molecule has 23 heavy (non-hydrogen) atoms. The van der Waals surface area contributed by atoms with Crippen LogP contribution < -0.4 is 10.6 Å². The molecule has 1 fully saturated rings. The number of carbonyl (C=O) groups excluding carboxylic acids is 2. The molecule has 0 radical (unpaired) electrons. The molecule has 4 nitrogen and oxygen atoms in total. The van der Waals surface area contributed by atoms with Crippen LogP contribution in [0.3, 0.4) is 0 Å². The first kappa shape index (κ1) is 18.1.